The van der Waals surface area contributed by atoms with Crippen molar-refractivity contribution in [2.45, 2.75) is 31.7 Å². The number of carbonyl (C=O) groups is 1. The average Bonchev–Trinajstić information content (AvgIpc) is 2.81. The van der Waals surface area contributed by atoms with Crippen LogP contribution < -0.4 is 10.9 Å². The molecule has 1 aromatic carbocycles. The molecule has 0 aliphatic rings. The summed E-state index contributed by atoms with van der Waals surface area (Å²) in [6.07, 6.45) is 2.82. The Balaban J connectivity index is 1.87. The number of carboxylic acid groups (broad SMARTS) is 1. The van der Waals surface area contributed by atoms with Gasteiger partial charge in [0.15, 0.2) is 15.5 Å². The zero-order chi connectivity index (χ0) is 26.4. The number of anilines is 1. The van der Waals surface area contributed by atoms with E-state index >= 15 is 0 Å². The van der Waals surface area contributed by atoms with Crippen LogP contribution in [0, 0.1) is 13.8 Å². The van der Waals surface area contributed by atoms with Gasteiger partial charge in [-0.1, -0.05) is 23.7 Å². The predicted molar refractivity (Wildman–Crippen MR) is 138 cm³/mol. The molecule has 0 saturated carbocycles. The molecule has 0 saturated heterocycles. The fourth-order valence-corrected chi connectivity index (χ4v) is 4.76. The molecule has 0 aliphatic carbocycles. The molecule has 1 atom stereocenters. The van der Waals surface area contributed by atoms with Crippen LogP contribution in [0.2, 0.25) is 5.15 Å². The Labute approximate surface area is 212 Å². The highest BCUT2D eigenvalue weighted by molar-refractivity contribution is 7.90. The lowest BCUT2D eigenvalue weighted by molar-refractivity contribution is 0.0691. The number of nitrogens with one attached hydrogen (secondary N) is 1. The first-order valence-corrected chi connectivity index (χ1v) is 13.1. The van der Waals surface area contributed by atoms with Gasteiger partial charge < -0.3 is 10.4 Å². The number of hydrogen-bond acceptors (Lipinski definition) is 7. The van der Waals surface area contributed by atoms with Crippen molar-refractivity contribution in [2.75, 3.05) is 11.6 Å². The zero-order valence-electron chi connectivity index (χ0n) is 19.9. The first-order chi connectivity index (χ1) is 16.9. The van der Waals surface area contributed by atoms with Gasteiger partial charge in [-0.25, -0.2) is 23.2 Å². The highest BCUT2D eigenvalue weighted by Gasteiger charge is 2.20. The Bertz CT molecular complexity index is 1680. The van der Waals surface area contributed by atoms with Gasteiger partial charge in [0, 0.05) is 29.1 Å². The van der Waals surface area contributed by atoms with Crippen LogP contribution in [-0.2, 0) is 9.84 Å². The second-order valence-electron chi connectivity index (χ2n) is 8.55. The maximum Gasteiger partial charge on any atom is 0.356 e. The molecule has 0 spiro atoms. The number of benzene rings is 1. The summed E-state index contributed by atoms with van der Waals surface area (Å²) in [6, 6.07) is 10.6. The summed E-state index contributed by atoms with van der Waals surface area (Å²) < 4.78 is 25.1. The molecule has 4 rings (SSSR count). The fourth-order valence-electron chi connectivity index (χ4n) is 3.98. The minimum absolute atomic E-state index is 0.0573. The van der Waals surface area contributed by atoms with Crippen LogP contribution in [0.5, 0.6) is 0 Å². The molecule has 36 heavy (non-hydrogen) atoms. The van der Waals surface area contributed by atoms with Crippen molar-refractivity contribution in [1.82, 2.24) is 14.4 Å². The van der Waals surface area contributed by atoms with Gasteiger partial charge in [-0.15, -0.1) is 0 Å². The first kappa shape index (κ1) is 25.3. The standard InChI is InChI=1S/C25H23ClN4O5S/c1-13-11-18(15(3)27-19-9-10-20(26)28-22(19)25(32)33)23-29-21(14(2)24(31)30(23)12-13)16-5-7-17(8-6-16)36(4,34)35/h5-12,15,27H,1-4H3,(H,32,33)/t15-/m1/s1. The van der Waals surface area contributed by atoms with E-state index < -0.39 is 21.8 Å². The quantitative estimate of drug-likeness (QED) is 0.355. The van der Waals surface area contributed by atoms with E-state index in [2.05, 4.69) is 10.3 Å². The van der Waals surface area contributed by atoms with Crippen LogP contribution in [0.15, 0.2) is 58.4 Å². The number of pyridine rings is 2. The third-order valence-corrected chi connectivity index (χ3v) is 7.11. The minimum Gasteiger partial charge on any atom is -0.476 e. The number of hydrogen-bond donors (Lipinski definition) is 2. The van der Waals surface area contributed by atoms with Gasteiger partial charge in [0.05, 0.1) is 22.3 Å². The van der Waals surface area contributed by atoms with Crippen LogP contribution >= 0.6 is 11.6 Å². The van der Waals surface area contributed by atoms with Crippen molar-refractivity contribution in [3.05, 3.63) is 86.6 Å². The molecule has 0 unspecified atom stereocenters. The molecule has 0 bridgehead atoms. The van der Waals surface area contributed by atoms with Crippen molar-refractivity contribution in [1.29, 1.82) is 0 Å². The number of rotatable bonds is 6. The molecule has 3 aromatic heterocycles. The number of fused-ring (bicyclic) bond motifs is 1. The van der Waals surface area contributed by atoms with Crippen LogP contribution in [0.3, 0.4) is 0 Å². The topological polar surface area (TPSA) is 131 Å². The van der Waals surface area contributed by atoms with E-state index in [1.54, 1.807) is 25.3 Å². The lowest BCUT2D eigenvalue weighted by Gasteiger charge is -2.20. The number of sulfone groups is 1. The van der Waals surface area contributed by atoms with Crippen molar-refractivity contribution in [2.24, 2.45) is 0 Å². The second kappa shape index (κ2) is 9.36. The maximum absolute atomic E-state index is 13.3. The van der Waals surface area contributed by atoms with E-state index in [1.807, 2.05) is 19.9 Å². The average molecular weight is 527 g/mol. The Kier molecular flexibility index (Phi) is 6.59. The predicted octanol–water partition coefficient (Wildman–Crippen LogP) is 4.30. The summed E-state index contributed by atoms with van der Waals surface area (Å²) >= 11 is 5.87. The summed E-state index contributed by atoms with van der Waals surface area (Å²) in [7, 11) is -3.37. The van der Waals surface area contributed by atoms with E-state index in [9.17, 15) is 23.1 Å². The zero-order valence-corrected chi connectivity index (χ0v) is 21.5. The number of halogens is 1. The second-order valence-corrected chi connectivity index (χ2v) is 11.0. The van der Waals surface area contributed by atoms with Gasteiger partial charge in [0.2, 0.25) is 0 Å². The molecule has 0 aliphatic heterocycles. The van der Waals surface area contributed by atoms with Crippen LogP contribution in [0.25, 0.3) is 16.9 Å². The van der Waals surface area contributed by atoms with Crippen LogP contribution in [0.1, 0.15) is 40.1 Å². The Morgan fingerprint density at radius 1 is 1.11 bits per heavy atom. The van der Waals surface area contributed by atoms with E-state index in [0.717, 1.165) is 11.8 Å². The Hall–Kier alpha value is -3.76. The fraction of sp³-hybridized carbons (Fsp3) is 0.200. The first-order valence-electron chi connectivity index (χ1n) is 10.9. The van der Waals surface area contributed by atoms with E-state index in [0.29, 0.717) is 28.0 Å². The molecule has 9 nitrogen and oxygen atoms in total. The summed E-state index contributed by atoms with van der Waals surface area (Å²) in [4.78, 5) is 33.8. The molecule has 11 heteroatoms. The minimum atomic E-state index is -3.37. The number of nitrogens with zero attached hydrogens (tertiary/aromatic N) is 3. The van der Waals surface area contributed by atoms with Crippen molar-refractivity contribution in [3.63, 3.8) is 0 Å². The van der Waals surface area contributed by atoms with Crippen molar-refractivity contribution < 1.29 is 18.3 Å². The van der Waals surface area contributed by atoms with Crippen LogP contribution in [-0.4, -0.2) is 40.1 Å². The number of carboxylic acids is 1. The molecular weight excluding hydrogens is 504 g/mol. The third kappa shape index (κ3) is 4.82. The number of aromatic nitrogens is 3. The normalized spacial score (nSPS) is 12.5. The Morgan fingerprint density at radius 3 is 2.39 bits per heavy atom. The van der Waals surface area contributed by atoms with Gasteiger partial charge in [0.1, 0.15) is 10.8 Å². The van der Waals surface area contributed by atoms with E-state index in [1.165, 1.54) is 28.7 Å². The summed E-state index contributed by atoms with van der Waals surface area (Å²) in [5.41, 5.74) is 3.07. The van der Waals surface area contributed by atoms with E-state index in [4.69, 9.17) is 16.6 Å². The highest BCUT2D eigenvalue weighted by Crippen LogP contribution is 2.28. The van der Waals surface area contributed by atoms with Gasteiger partial charge in [-0.3, -0.25) is 9.20 Å². The molecule has 2 N–H and O–H groups in total. The summed E-state index contributed by atoms with van der Waals surface area (Å²) in [5, 5.41) is 12.7. The number of aryl methyl sites for hydroxylation is 1. The molecule has 3 heterocycles. The summed E-state index contributed by atoms with van der Waals surface area (Å²) in [6.45, 7) is 5.34. The largest absolute Gasteiger partial charge is 0.476 e. The van der Waals surface area contributed by atoms with Gasteiger partial charge >= 0.3 is 5.97 Å². The molecule has 186 valence electrons. The van der Waals surface area contributed by atoms with Crippen LogP contribution in [0.4, 0.5) is 5.69 Å². The lowest BCUT2D eigenvalue weighted by atomic mass is 10.0. The van der Waals surface area contributed by atoms with E-state index in [-0.39, 0.29) is 27.0 Å². The third-order valence-electron chi connectivity index (χ3n) is 5.77. The SMILES string of the molecule is Cc1cc([C@@H](C)Nc2ccc(Cl)nc2C(=O)O)c2nc(-c3ccc(S(C)(=O)=O)cc3)c(C)c(=O)n2c1. The summed E-state index contributed by atoms with van der Waals surface area (Å²) in [5.74, 6) is -1.23. The number of aromatic carboxylic acids is 1. The smallest absolute Gasteiger partial charge is 0.356 e. The van der Waals surface area contributed by atoms with Crippen molar-refractivity contribution >= 4 is 38.7 Å². The Morgan fingerprint density at radius 2 is 1.78 bits per heavy atom. The highest BCUT2D eigenvalue weighted by atomic mass is 35.5. The molecular formula is C25H23ClN4O5S. The van der Waals surface area contributed by atoms with Crippen molar-refractivity contribution in [3.8, 4) is 11.3 Å². The maximum atomic E-state index is 13.3. The lowest BCUT2D eigenvalue weighted by Crippen LogP contribution is -2.22. The van der Waals surface area contributed by atoms with Gasteiger partial charge in [-0.2, -0.15) is 0 Å². The molecule has 4 aromatic rings. The molecule has 0 amide bonds. The van der Waals surface area contributed by atoms with Gasteiger partial charge in [-0.05, 0) is 56.7 Å². The molecule has 0 radical (unpaired) electrons. The monoisotopic (exact) mass is 526 g/mol. The van der Waals surface area contributed by atoms with Gasteiger partial charge in [0.25, 0.3) is 5.56 Å². The molecule has 0 fully saturated rings.